The summed E-state index contributed by atoms with van der Waals surface area (Å²) < 4.78 is 7.74. The Balaban J connectivity index is 1.15. The summed E-state index contributed by atoms with van der Waals surface area (Å²) in [5, 5.41) is 8.04. The van der Waals surface area contributed by atoms with Crippen molar-refractivity contribution in [1.29, 1.82) is 0 Å². The number of para-hydroxylation sites is 1. The Hall–Kier alpha value is -2.34. The molecular weight excluding hydrogens is 400 g/mol. The molecule has 3 saturated heterocycles. The molecule has 1 N–H and O–H groups in total. The third kappa shape index (κ3) is 4.70. The average molecular weight is 437 g/mol. The van der Waals surface area contributed by atoms with Crippen molar-refractivity contribution in [2.45, 2.75) is 62.8 Å². The summed E-state index contributed by atoms with van der Waals surface area (Å²) in [6.45, 7) is 2.99. The molecule has 4 atom stereocenters. The maximum absolute atomic E-state index is 12.3. The van der Waals surface area contributed by atoms with Gasteiger partial charge in [0.05, 0.1) is 5.69 Å². The first-order chi connectivity index (χ1) is 15.7. The second-order valence-corrected chi connectivity index (χ2v) is 9.90. The molecule has 4 heterocycles. The van der Waals surface area contributed by atoms with Gasteiger partial charge in [0.2, 0.25) is 0 Å². The van der Waals surface area contributed by atoms with E-state index in [1.54, 1.807) is 0 Å². The van der Waals surface area contributed by atoms with Crippen LogP contribution in [0.2, 0.25) is 0 Å². The van der Waals surface area contributed by atoms with Gasteiger partial charge < -0.3 is 10.1 Å². The lowest BCUT2D eigenvalue weighted by Gasteiger charge is -2.50. The van der Waals surface area contributed by atoms with Crippen LogP contribution in [0.25, 0.3) is 0 Å². The van der Waals surface area contributed by atoms with Gasteiger partial charge in [0, 0.05) is 43.7 Å². The SMILES string of the molecule is Cn1nc(C2CCCCC2)cc1C1CN2CCC1CC2CNC(=O)COc1ccccc1. The normalized spacial score (nSPS) is 27.9. The number of aryl methyl sites for hydroxylation is 1. The topological polar surface area (TPSA) is 59.4 Å². The van der Waals surface area contributed by atoms with Gasteiger partial charge in [-0.1, -0.05) is 37.5 Å². The molecule has 172 valence electrons. The summed E-state index contributed by atoms with van der Waals surface area (Å²) in [5.74, 6) is 2.58. The monoisotopic (exact) mass is 436 g/mol. The molecule has 6 heteroatoms. The van der Waals surface area contributed by atoms with Crippen LogP contribution in [-0.4, -0.2) is 52.9 Å². The highest BCUT2D eigenvalue weighted by molar-refractivity contribution is 5.77. The van der Waals surface area contributed by atoms with Gasteiger partial charge in [-0.15, -0.1) is 0 Å². The van der Waals surface area contributed by atoms with Gasteiger partial charge in [0.1, 0.15) is 5.75 Å². The molecule has 4 fully saturated rings. The molecule has 1 aliphatic carbocycles. The number of carbonyl (C=O) groups excluding carboxylic acids is 1. The molecule has 2 aromatic rings. The van der Waals surface area contributed by atoms with Crippen LogP contribution in [0, 0.1) is 5.92 Å². The molecular formula is C26H36N4O2. The predicted molar refractivity (Wildman–Crippen MR) is 125 cm³/mol. The van der Waals surface area contributed by atoms with E-state index in [9.17, 15) is 4.79 Å². The van der Waals surface area contributed by atoms with Crippen molar-refractivity contribution in [3.05, 3.63) is 47.8 Å². The Kier molecular flexibility index (Phi) is 6.49. The van der Waals surface area contributed by atoms with E-state index in [1.807, 2.05) is 30.3 Å². The quantitative estimate of drug-likeness (QED) is 0.716. The van der Waals surface area contributed by atoms with Crippen LogP contribution >= 0.6 is 0 Å². The standard InChI is InChI=1S/C26H36N4O2/c1-29-25(15-24(28-29)19-8-4-2-5-9-19)23-17-30-13-12-20(23)14-21(30)16-27-26(31)18-32-22-10-6-3-7-11-22/h3,6-7,10-11,15,19-21,23H,2,4-5,8-9,12-14,16-18H2,1H3,(H,27,31). The zero-order valence-corrected chi connectivity index (χ0v) is 19.2. The average Bonchev–Trinajstić information content (AvgIpc) is 3.24. The molecule has 1 aromatic heterocycles. The summed E-state index contributed by atoms with van der Waals surface area (Å²) in [7, 11) is 2.13. The first-order valence-electron chi connectivity index (χ1n) is 12.4. The second-order valence-electron chi connectivity index (χ2n) is 9.90. The Labute approximate surface area is 191 Å². The third-order valence-corrected chi connectivity index (χ3v) is 7.86. The minimum Gasteiger partial charge on any atom is -0.484 e. The highest BCUT2D eigenvalue weighted by Crippen LogP contribution is 2.42. The minimum atomic E-state index is -0.0446. The Morgan fingerprint density at radius 1 is 1.16 bits per heavy atom. The molecule has 6 rings (SSSR count). The van der Waals surface area contributed by atoms with Gasteiger partial charge in [-0.05, 0) is 56.3 Å². The lowest BCUT2D eigenvalue weighted by atomic mass is 9.74. The van der Waals surface area contributed by atoms with Crippen LogP contribution in [0.3, 0.4) is 0 Å². The number of piperidine rings is 3. The summed E-state index contributed by atoms with van der Waals surface area (Å²) in [4.78, 5) is 14.9. The third-order valence-electron chi connectivity index (χ3n) is 7.86. The predicted octanol–water partition coefficient (Wildman–Crippen LogP) is 3.84. The maximum atomic E-state index is 12.3. The van der Waals surface area contributed by atoms with Crippen molar-refractivity contribution in [1.82, 2.24) is 20.0 Å². The van der Waals surface area contributed by atoms with Gasteiger partial charge in [0.25, 0.3) is 5.91 Å². The Morgan fingerprint density at radius 3 is 2.72 bits per heavy atom. The summed E-state index contributed by atoms with van der Waals surface area (Å²) in [5.41, 5.74) is 2.74. The molecule has 3 aliphatic heterocycles. The summed E-state index contributed by atoms with van der Waals surface area (Å²) in [6.07, 6.45) is 9.07. The Bertz CT molecular complexity index is 906. The summed E-state index contributed by atoms with van der Waals surface area (Å²) >= 11 is 0. The van der Waals surface area contributed by atoms with Crippen molar-refractivity contribution in [2.75, 3.05) is 26.2 Å². The second kappa shape index (κ2) is 9.65. The smallest absolute Gasteiger partial charge is 0.257 e. The first-order valence-corrected chi connectivity index (χ1v) is 12.4. The van der Waals surface area contributed by atoms with Gasteiger partial charge >= 0.3 is 0 Å². The van der Waals surface area contributed by atoms with E-state index in [0.717, 1.165) is 25.3 Å². The number of aromatic nitrogens is 2. The van der Waals surface area contributed by atoms with Crippen LogP contribution in [0.5, 0.6) is 5.75 Å². The lowest BCUT2D eigenvalue weighted by Crippen LogP contribution is -2.56. The van der Waals surface area contributed by atoms with E-state index >= 15 is 0 Å². The molecule has 1 saturated carbocycles. The molecule has 4 aliphatic rings. The number of amides is 1. The molecule has 1 aromatic carbocycles. The number of fused-ring (bicyclic) bond motifs is 3. The molecule has 4 unspecified atom stereocenters. The van der Waals surface area contributed by atoms with Crippen molar-refractivity contribution in [2.24, 2.45) is 13.0 Å². The largest absolute Gasteiger partial charge is 0.484 e. The number of benzene rings is 1. The van der Waals surface area contributed by atoms with Crippen LogP contribution in [0.15, 0.2) is 36.4 Å². The van der Waals surface area contributed by atoms with Crippen molar-refractivity contribution in [3.8, 4) is 5.75 Å². The zero-order valence-electron chi connectivity index (χ0n) is 19.2. The molecule has 32 heavy (non-hydrogen) atoms. The molecule has 0 radical (unpaired) electrons. The number of nitrogens with one attached hydrogen (secondary N) is 1. The van der Waals surface area contributed by atoms with Crippen molar-refractivity contribution in [3.63, 3.8) is 0 Å². The van der Waals surface area contributed by atoms with E-state index in [0.29, 0.717) is 30.3 Å². The van der Waals surface area contributed by atoms with Crippen LogP contribution in [0.1, 0.15) is 68.2 Å². The summed E-state index contributed by atoms with van der Waals surface area (Å²) in [6, 6.07) is 12.4. The van der Waals surface area contributed by atoms with Crippen LogP contribution in [-0.2, 0) is 11.8 Å². The van der Waals surface area contributed by atoms with Gasteiger partial charge in [-0.3, -0.25) is 14.4 Å². The Morgan fingerprint density at radius 2 is 1.97 bits per heavy atom. The first kappa shape index (κ1) is 21.5. The number of rotatable bonds is 7. The van der Waals surface area contributed by atoms with Crippen LogP contribution < -0.4 is 10.1 Å². The van der Waals surface area contributed by atoms with Crippen LogP contribution in [0.4, 0.5) is 0 Å². The highest BCUT2D eigenvalue weighted by atomic mass is 16.5. The fourth-order valence-corrected chi connectivity index (χ4v) is 6.08. The van der Waals surface area contributed by atoms with Gasteiger partial charge in [-0.2, -0.15) is 5.10 Å². The highest BCUT2D eigenvalue weighted by Gasteiger charge is 2.42. The lowest BCUT2D eigenvalue weighted by molar-refractivity contribution is -0.123. The maximum Gasteiger partial charge on any atom is 0.257 e. The number of ether oxygens (including phenoxy) is 1. The van der Waals surface area contributed by atoms with E-state index in [-0.39, 0.29) is 12.5 Å². The molecule has 6 nitrogen and oxygen atoms in total. The van der Waals surface area contributed by atoms with Gasteiger partial charge in [-0.25, -0.2) is 0 Å². The zero-order chi connectivity index (χ0) is 21.9. The molecule has 2 bridgehead atoms. The minimum absolute atomic E-state index is 0.0446. The number of carbonyl (C=O) groups is 1. The molecule has 0 spiro atoms. The fraction of sp³-hybridized carbons (Fsp3) is 0.615. The van der Waals surface area contributed by atoms with Crippen molar-refractivity contribution >= 4 is 5.91 Å². The fourth-order valence-electron chi connectivity index (χ4n) is 6.08. The number of hydrogen-bond acceptors (Lipinski definition) is 4. The van der Waals surface area contributed by atoms with E-state index in [1.165, 1.54) is 49.9 Å². The van der Waals surface area contributed by atoms with Crippen molar-refractivity contribution < 1.29 is 9.53 Å². The van der Waals surface area contributed by atoms with Gasteiger partial charge in [0.15, 0.2) is 6.61 Å². The van der Waals surface area contributed by atoms with E-state index in [4.69, 9.17) is 9.84 Å². The number of hydrogen-bond donors (Lipinski definition) is 1. The van der Waals surface area contributed by atoms with E-state index < -0.39 is 0 Å². The molecule has 1 amide bonds. The van der Waals surface area contributed by atoms with E-state index in [2.05, 4.69) is 28.0 Å². The number of nitrogens with zero attached hydrogens (tertiary/aromatic N) is 3.